The first-order valence-corrected chi connectivity index (χ1v) is 14.1. The molecule has 2 aromatic carbocycles. The van der Waals surface area contributed by atoms with E-state index in [-0.39, 0.29) is 49.5 Å². The van der Waals surface area contributed by atoms with Crippen LogP contribution in [0.15, 0.2) is 48.5 Å². The average molecular weight is 588 g/mol. The van der Waals surface area contributed by atoms with Crippen molar-refractivity contribution in [2.24, 2.45) is 11.8 Å². The zero-order chi connectivity index (χ0) is 31.1. The maximum Gasteiger partial charge on any atom is 0.513 e. The van der Waals surface area contributed by atoms with E-state index in [1.54, 1.807) is 43.3 Å². The summed E-state index contributed by atoms with van der Waals surface area (Å²) in [7, 11) is 0. The van der Waals surface area contributed by atoms with E-state index in [9.17, 15) is 24.3 Å². The van der Waals surface area contributed by atoms with Gasteiger partial charge in [-0.1, -0.05) is 64.8 Å². The Labute approximate surface area is 246 Å². The number of aliphatic carboxylic acids is 1. The fourth-order valence-electron chi connectivity index (χ4n) is 3.40. The minimum Gasteiger partial charge on any atom is -0.480 e. The molecule has 0 fully saturated rings. The fraction of sp³-hybridized carbons (Fsp3) is 0.484. The summed E-state index contributed by atoms with van der Waals surface area (Å²) in [4.78, 5) is 48.9. The number of esters is 1. The second kappa shape index (κ2) is 17.6. The minimum atomic E-state index is -1.14. The van der Waals surface area contributed by atoms with Crippen LogP contribution in [0.5, 0.6) is 11.5 Å². The number of hydrogen-bond acceptors (Lipinski definition) is 10. The van der Waals surface area contributed by atoms with E-state index in [2.05, 4.69) is 5.32 Å². The molecule has 2 N–H and O–H groups in total. The highest BCUT2D eigenvalue weighted by molar-refractivity contribution is 5.89. The lowest BCUT2D eigenvalue weighted by atomic mass is 10.0. The molecule has 0 spiro atoms. The van der Waals surface area contributed by atoms with E-state index < -0.39 is 36.4 Å². The maximum absolute atomic E-state index is 12.4. The second-order valence-corrected chi connectivity index (χ2v) is 10.2. The number of benzene rings is 2. The molecule has 0 bridgehead atoms. The lowest BCUT2D eigenvalue weighted by Gasteiger charge is -2.19. The van der Waals surface area contributed by atoms with Gasteiger partial charge < -0.3 is 34.1 Å². The SMILES string of the molecule is CCC(C)COC(=O)Oc1ccc(C[C@H](NCC(C)OC(=O)c2ccccc2)C(=O)O)cc1OC(=O)OCC(C)CC. The second-order valence-electron chi connectivity index (χ2n) is 10.2. The van der Waals surface area contributed by atoms with E-state index in [0.29, 0.717) is 11.1 Å². The number of rotatable bonds is 16. The van der Waals surface area contributed by atoms with Crippen LogP contribution in [-0.2, 0) is 25.4 Å². The van der Waals surface area contributed by atoms with Gasteiger partial charge >= 0.3 is 24.2 Å². The number of hydrogen-bond donors (Lipinski definition) is 2. The van der Waals surface area contributed by atoms with E-state index in [1.165, 1.54) is 12.1 Å². The van der Waals surface area contributed by atoms with Crippen LogP contribution in [0.2, 0.25) is 0 Å². The van der Waals surface area contributed by atoms with Crippen molar-refractivity contribution >= 4 is 24.2 Å². The van der Waals surface area contributed by atoms with Gasteiger partial charge in [-0.25, -0.2) is 14.4 Å². The Morgan fingerprint density at radius 3 is 1.93 bits per heavy atom. The highest BCUT2D eigenvalue weighted by Crippen LogP contribution is 2.30. The molecule has 2 rings (SSSR count). The van der Waals surface area contributed by atoms with E-state index in [0.717, 1.165) is 12.8 Å². The van der Waals surface area contributed by atoms with E-state index in [4.69, 9.17) is 23.7 Å². The van der Waals surface area contributed by atoms with Gasteiger partial charge in [0.15, 0.2) is 11.5 Å². The molecule has 11 nitrogen and oxygen atoms in total. The lowest BCUT2D eigenvalue weighted by Crippen LogP contribution is -2.42. The summed E-state index contributed by atoms with van der Waals surface area (Å²) in [5.41, 5.74) is 0.856. The first-order chi connectivity index (χ1) is 20.0. The summed E-state index contributed by atoms with van der Waals surface area (Å²) in [6, 6.07) is 11.7. The van der Waals surface area contributed by atoms with Crippen molar-refractivity contribution in [3.63, 3.8) is 0 Å². The number of nitrogens with one attached hydrogen (secondary N) is 1. The average Bonchev–Trinajstić information content (AvgIpc) is 2.98. The number of carboxylic acid groups (broad SMARTS) is 1. The van der Waals surface area contributed by atoms with Crippen LogP contribution in [0.3, 0.4) is 0 Å². The summed E-state index contributed by atoms with van der Waals surface area (Å²) in [5.74, 6) is -1.62. The first kappa shape index (κ1) is 34.1. The van der Waals surface area contributed by atoms with Gasteiger partial charge in [0, 0.05) is 6.54 Å². The summed E-state index contributed by atoms with van der Waals surface area (Å²) < 4.78 is 26.3. The highest BCUT2D eigenvalue weighted by atomic mass is 16.7. The molecule has 42 heavy (non-hydrogen) atoms. The van der Waals surface area contributed by atoms with Crippen molar-refractivity contribution in [2.45, 2.75) is 66.0 Å². The van der Waals surface area contributed by atoms with Gasteiger partial charge in [-0.3, -0.25) is 4.79 Å². The van der Waals surface area contributed by atoms with Crippen molar-refractivity contribution in [3.8, 4) is 11.5 Å². The maximum atomic E-state index is 12.4. The van der Waals surface area contributed by atoms with Gasteiger partial charge in [0.1, 0.15) is 12.1 Å². The normalized spacial score (nSPS) is 13.6. The third-order valence-corrected chi connectivity index (χ3v) is 6.47. The number of carboxylic acids is 1. The van der Waals surface area contributed by atoms with Crippen LogP contribution in [-0.4, -0.2) is 61.3 Å². The van der Waals surface area contributed by atoms with Crippen LogP contribution >= 0.6 is 0 Å². The van der Waals surface area contributed by atoms with E-state index in [1.807, 2.05) is 27.7 Å². The summed E-state index contributed by atoms with van der Waals surface area (Å²) in [6.07, 6.45) is -0.989. The Morgan fingerprint density at radius 1 is 0.810 bits per heavy atom. The molecule has 11 heteroatoms. The number of ether oxygens (including phenoxy) is 5. The molecule has 0 heterocycles. The molecule has 0 saturated heterocycles. The van der Waals surface area contributed by atoms with Crippen LogP contribution in [0.25, 0.3) is 0 Å². The predicted molar refractivity (Wildman–Crippen MR) is 154 cm³/mol. The molecule has 0 amide bonds. The first-order valence-electron chi connectivity index (χ1n) is 14.1. The van der Waals surface area contributed by atoms with Crippen molar-refractivity contribution in [1.29, 1.82) is 0 Å². The van der Waals surface area contributed by atoms with Crippen molar-refractivity contribution in [3.05, 3.63) is 59.7 Å². The molecule has 0 aliphatic rings. The molecule has 0 aliphatic carbocycles. The van der Waals surface area contributed by atoms with E-state index >= 15 is 0 Å². The Morgan fingerprint density at radius 2 is 1.38 bits per heavy atom. The molecular weight excluding hydrogens is 546 g/mol. The van der Waals surface area contributed by atoms with Gasteiger partial charge in [-0.05, 0) is 55.0 Å². The monoisotopic (exact) mass is 587 g/mol. The molecule has 0 saturated carbocycles. The molecule has 2 aromatic rings. The standard InChI is InChI=1S/C31H41NO10/c1-6-20(3)18-38-30(36)41-26-14-13-23(16-27(26)42-31(37)39-19-21(4)7-2)15-25(28(33)34)32-17-22(5)40-29(35)24-11-9-8-10-12-24/h8-14,16,20-22,25,32H,6-7,15,17-19H2,1-5H3,(H,33,34)/t20?,21?,22?,25-/m0/s1. The van der Waals surface area contributed by atoms with Gasteiger partial charge in [-0.2, -0.15) is 0 Å². The largest absolute Gasteiger partial charge is 0.513 e. The van der Waals surface area contributed by atoms with Gasteiger partial charge in [-0.15, -0.1) is 0 Å². The summed E-state index contributed by atoms with van der Waals surface area (Å²) in [6.45, 7) is 9.78. The zero-order valence-corrected chi connectivity index (χ0v) is 24.8. The quantitative estimate of drug-likeness (QED) is 0.143. The molecule has 4 atom stereocenters. The third-order valence-electron chi connectivity index (χ3n) is 6.47. The zero-order valence-electron chi connectivity index (χ0n) is 24.8. The van der Waals surface area contributed by atoms with Crippen molar-refractivity contribution in [2.75, 3.05) is 19.8 Å². The predicted octanol–water partition coefficient (Wildman–Crippen LogP) is 5.64. The molecule has 0 radical (unpaired) electrons. The summed E-state index contributed by atoms with van der Waals surface area (Å²) >= 11 is 0. The number of carbonyl (C=O) groups excluding carboxylic acids is 3. The van der Waals surface area contributed by atoms with Crippen LogP contribution in [0.4, 0.5) is 9.59 Å². The molecular formula is C31H41NO10. The van der Waals surface area contributed by atoms with Gasteiger partial charge in [0.2, 0.25) is 0 Å². The van der Waals surface area contributed by atoms with Crippen molar-refractivity contribution < 1.29 is 48.0 Å². The Bertz CT molecular complexity index is 1170. The molecule has 0 aromatic heterocycles. The van der Waals surface area contributed by atoms with Crippen LogP contribution in [0, 0.1) is 11.8 Å². The fourth-order valence-corrected chi connectivity index (χ4v) is 3.40. The Balaban J connectivity index is 2.12. The lowest BCUT2D eigenvalue weighted by molar-refractivity contribution is -0.139. The minimum absolute atomic E-state index is 0.0221. The molecule has 3 unspecified atom stereocenters. The highest BCUT2D eigenvalue weighted by Gasteiger charge is 2.23. The van der Waals surface area contributed by atoms with Crippen molar-refractivity contribution in [1.82, 2.24) is 5.32 Å². The van der Waals surface area contributed by atoms with Crippen LogP contribution in [0.1, 0.15) is 63.4 Å². The Hall–Kier alpha value is -4.12. The Kier molecular flexibility index (Phi) is 14.3. The smallest absolute Gasteiger partial charge is 0.480 e. The molecule has 0 aliphatic heterocycles. The number of carbonyl (C=O) groups is 4. The topological polar surface area (TPSA) is 147 Å². The van der Waals surface area contributed by atoms with Gasteiger partial charge in [0.25, 0.3) is 0 Å². The van der Waals surface area contributed by atoms with Crippen LogP contribution < -0.4 is 14.8 Å². The van der Waals surface area contributed by atoms with Gasteiger partial charge in [0.05, 0.1) is 18.8 Å². The third kappa shape index (κ3) is 12.2. The molecule has 230 valence electrons. The summed E-state index contributed by atoms with van der Waals surface area (Å²) in [5, 5.41) is 12.7.